The van der Waals surface area contributed by atoms with Crippen LogP contribution in [-0.2, 0) is 0 Å². The Balaban J connectivity index is 1.79. The average molecular weight is 319 g/mol. The molecule has 0 aliphatic heterocycles. The van der Waals surface area contributed by atoms with E-state index in [1.165, 1.54) is 20.9 Å². The van der Waals surface area contributed by atoms with E-state index in [-0.39, 0.29) is 0 Å². The molecule has 0 heterocycles. The first-order chi connectivity index (χ1) is 11.4. The highest BCUT2D eigenvalue weighted by atomic mass is 32.2. The van der Waals surface area contributed by atoms with Crippen molar-refractivity contribution in [3.8, 4) is 0 Å². The number of nitrogens with two attached hydrogens (primary N) is 1. The number of hydrogen-bond acceptors (Lipinski definition) is 2. The smallest absolute Gasteiger partial charge is 0.0122 e. The molecule has 0 saturated carbocycles. The van der Waals surface area contributed by atoms with Crippen LogP contribution in [0.5, 0.6) is 0 Å². The van der Waals surface area contributed by atoms with Crippen molar-refractivity contribution in [1.29, 1.82) is 0 Å². The summed E-state index contributed by atoms with van der Waals surface area (Å²) in [5.74, 6) is 0.372. The topological polar surface area (TPSA) is 26.0 Å². The first-order valence-electron chi connectivity index (χ1n) is 7.94. The third kappa shape index (κ3) is 4.25. The predicted octanol–water partition coefficient (Wildman–Crippen LogP) is 5.32. The predicted molar refractivity (Wildman–Crippen MR) is 99.0 cm³/mol. The molecule has 116 valence electrons. The van der Waals surface area contributed by atoms with E-state index in [0.717, 1.165) is 6.42 Å². The zero-order valence-corrected chi connectivity index (χ0v) is 13.9. The van der Waals surface area contributed by atoms with Crippen molar-refractivity contribution in [2.75, 3.05) is 6.54 Å². The summed E-state index contributed by atoms with van der Waals surface area (Å²) in [6.07, 6.45) is 0.967. The molecule has 0 aliphatic rings. The summed E-state index contributed by atoms with van der Waals surface area (Å²) in [7, 11) is 0. The van der Waals surface area contributed by atoms with E-state index in [4.69, 9.17) is 5.73 Å². The van der Waals surface area contributed by atoms with E-state index >= 15 is 0 Å². The standard InChI is InChI=1S/C21H21NS/c22-16-15-21(17-7-3-1-4-8-17)18-11-13-20(14-12-18)23-19-9-5-2-6-10-19/h1-14,21H,15-16,22H2. The lowest BCUT2D eigenvalue weighted by atomic mass is 9.89. The second-order valence-corrected chi connectivity index (χ2v) is 6.67. The molecule has 0 amide bonds. The summed E-state index contributed by atoms with van der Waals surface area (Å²) < 4.78 is 0. The minimum absolute atomic E-state index is 0.372. The molecule has 2 heteroatoms. The quantitative estimate of drug-likeness (QED) is 0.665. The minimum atomic E-state index is 0.372. The molecule has 3 aromatic rings. The Kier molecular flexibility index (Phi) is 5.51. The van der Waals surface area contributed by atoms with E-state index in [2.05, 4.69) is 78.9 Å². The highest BCUT2D eigenvalue weighted by molar-refractivity contribution is 7.99. The van der Waals surface area contributed by atoms with E-state index in [1.54, 1.807) is 11.8 Å². The Morgan fingerprint density at radius 2 is 1.17 bits per heavy atom. The van der Waals surface area contributed by atoms with Crippen molar-refractivity contribution in [3.63, 3.8) is 0 Å². The normalized spacial score (nSPS) is 12.0. The molecule has 1 atom stereocenters. The molecule has 1 unspecified atom stereocenters. The molecular weight excluding hydrogens is 298 g/mol. The fourth-order valence-corrected chi connectivity index (χ4v) is 3.61. The molecule has 3 aromatic carbocycles. The number of hydrogen-bond donors (Lipinski definition) is 1. The van der Waals surface area contributed by atoms with Gasteiger partial charge in [0, 0.05) is 15.7 Å². The van der Waals surface area contributed by atoms with E-state index in [1.807, 2.05) is 6.07 Å². The van der Waals surface area contributed by atoms with Gasteiger partial charge in [-0.05, 0) is 48.4 Å². The second-order valence-electron chi connectivity index (χ2n) is 5.52. The summed E-state index contributed by atoms with van der Waals surface area (Å²) in [6.45, 7) is 0.695. The van der Waals surface area contributed by atoms with Gasteiger partial charge in [-0.2, -0.15) is 0 Å². The van der Waals surface area contributed by atoms with Gasteiger partial charge in [-0.25, -0.2) is 0 Å². The molecule has 0 aliphatic carbocycles. The summed E-state index contributed by atoms with van der Waals surface area (Å²) in [5, 5.41) is 0. The molecule has 0 aromatic heterocycles. The minimum Gasteiger partial charge on any atom is -0.330 e. The van der Waals surface area contributed by atoms with Crippen LogP contribution in [-0.4, -0.2) is 6.54 Å². The van der Waals surface area contributed by atoms with Crippen LogP contribution in [0.1, 0.15) is 23.5 Å². The maximum atomic E-state index is 5.83. The summed E-state index contributed by atoms with van der Waals surface area (Å²) in [4.78, 5) is 2.53. The van der Waals surface area contributed by atoms with Crippen molar-refractivity contribution in [2.24, 2.45) is 5.73 Å². The van der Waals surface area contributed by atoms with Crippen LogP contribution in [0.4, 0.5) is 0 Å². The molecule has 0 radical (unpaired) electrons. The molecule has 23 heavy (non-hydrogen) atoms. The van der Waals surface area contributed by atoms with E-state index < -0.39 is 0 Å². The third-order valence-corrected chi connectivity index (χ3v) is 4.93. The lowest BCUT2D eigenvalue weighted by molar-refractivity contribution is 0.725. The van der Waals surface area contributed by atoms with E-state index in [9.17, 15) is 0 Å². The third-order valence-electron chi connectivity index (χ3n) is 3.92. The zero-order valence-electron chi connectivity index (χ0n) is 13.1. The number of rotatable bonds is 6. The molecular formula is C21H21NS. The van der Waals surface area contributed by atoms with Gasteiger partial charge in [0.25, 0.3) is 0 Å². The van der Waals surface area contributed by atoms with Crippen LogP contribution in [0, 0.1) is 0 Å². The van der Waals surface area contributed by atoms with Gasteiger partial charge in [-0.15, -0.1) is 0 Å². The highest BCUT2D eigenvalue weighted by Crippen LogP contribution is 2.31. The SMILES string of the molecule is NCCC(c1ccccc1)c1ccc(Sc2ccccc2)cc1. The zero-order chi connectivity index (χ0) is 15.9. The van der Waals surface area contributed by atoms with Crippen molar-refractivity contribution >= 4 is 11.8 Å². The lowest BCUT2D eigenvalue weighted by Crippen LogP contribution is -2.08. The van der Waals surface area contributed by atoms with Crippen molar-refractivity contribution in [1.82, 2.24) is 0 Å². The first kappa shape index (κ1) is 15.9. The summed E-state index contributed by atoms with van der Waals surface area (Å²) in [5.41, 5.74) is 8.50. The molecule has 1 nitrogen and oxygen atoms in total. The molecule has 3 rings (SSSR count). The maximum Gasteiger partial charge on any atom is 0.0122 e. The van der Waals surface area contributed by atoms with Crippen molar-refractivity contribution < 1.29 is 0 Å². The summed E-state index contributed by atoms with van der Waals surface area (Å²) >= 11 is 1.79. The van der Waals surface area contributed by atoms with Crippen molar-refractivity contribution in [3.05, 3.63) is 96.1 Å². The van der Waals surface area contributed by atoms with Gasteiger partial charge in [-0.3, -0.25) is 0 Å². The monoisotopic (exact) mass is 319 g/mol. The highest BCUT2D eigenvalue weighted by Gasteiger charge is 2.13. The Labute approximate surface area is 142 Å². The van der Waals surface area contributed by atoms with Gasteiger partial charge < -0.3 is 5.73 Å². The Hall–Kier alpha value is -2.03. The first-order valence-corrected chi connectivity index (χ1v) is 8.76. The average Bonchev–Trinajstić information content (AvgIpc) is 2.62. The molecule has 2 N–H and O–H groups in total. The Morgan fingerprint density at radius 3 is 1.78 bits per heavy atom. The molecule has 0 saturated heterocycles. The van der Waals surface area contributed by atoms with Crippen LogP contribution in [0.15, 0.2) is 94.7 Å². The van der Waals surface area contributed by atoms with E-state index in [0.29, 0.717) is 12.5 Å². The van der Waals surface area contributed by atoms with Crippen LogP contribution in [0.3, 0.4) is 0 Å². The van der Waals surface area contributed by atoms with Gasteiger partial charge in [0.05, 0.1) is 0 Å². The maximum absolute atomic E-state index is 5.83. The number of benzene rings is 3. The lowest BCUT2D eigenvalue weighted by Gasteiger charge is -2.17. The molecule has 0 spiro atoms. The van der Waals surface area contributed by atoms with Gasteiger partial charge in [0.2, 0.25) is 0 Å². The van der Waals surface area contributed by atoms with Crippen molar-refractivity contribution in [2.45, 2.75) is 22.1 Å². The second kappa shape index (κ2) is 8.00. The largest absolute Gasteiger partial charge is 0.330 e. The Bertz CT molecular complexity index is 708. The van der Waals surface area contributed by atoms with Crippen LogP contribution in [0.25, 0.3) is 0 Å². The van der Waals surface area contributed by atoms with Gasteiger partial charge in [0.15, 0.2) is 0 Å². The van der Waals surface area contributed by atoms with Crippen LogP contribution < -0.4 is 5.73 Å². The van der Waals surface area contributed by atoms with Crippen LogP contribution in [0.2, 0.25) is 0 Å². The summed E-state index contributed by atoms with van der Waals surface area (Å²) in [6, 6.07) is 30.0. The van der Waals surface area contributed by atoms with Gasteiger partial charge in [-0.1, -0.05) is 72.4 Å². The molecule has 0 bridgehead atoms. The fraction of sp³-hybridized carbons (Fsp3) is 0.143. The molecule has 0 fully saturated rings. The van der Waals surface area contributed by atoms with Gasteiger partial charge in [0.1, 0.15) is 0 Å². The Morgan fingerprint density at radius 1 is 0.652 bits per heavy atom. The van der Waals surface area contributed by atoms with Crippen LogP contribution >= 0.6 is 11.8 Å². The van der Waals surface area contributed by atoms with Gasteiger partial charge >= 0.3 is 0 Å². The fourth-order valence-electron chi connectivity index (χ4n) is 2.77.